The first kappa shape index (κ1) is 15.6. The van der Waals surface area contributed by atoms with E-state index in [4.69, 9.17) is 9.47 Å². The molecule has 0 bridgehead atoms. The molecule has 0 rings (SSSR count). The van der Waals surface area contributed by atoms with E-state index in [1.54, 1.807) is 0 Å². The second-order valence-corrected chi connectivity index (χ2v) is 3.76. The van der Waals surface area contributed by atoms with Crippen molar-refractivity contribution >= 4 is 18.2 Å². The molecule has 0 unspecified atom stereocenters. The van der Waals surface area contributed by atoms with E-state index in [9.17, 15) is 14.4 Å². The van der Waals surface area contributed by atoms with Gasteiger partial charge in [0, 0.05) is 12.8 Å². The van der Waals surface area contributed by atoms with Gasteiger partial charge in [0.25, 0.3) is 0 Å². The molecule has 5 heteroatoms. The molecule has 0 heterocycles. The van der Waals surface area contributed by atoms with E-state index in [1.165, 1.54) is 0 Å². The van der Waals surface area contributed by atoms with Crippen LogP contribution in [0.4, 0.5) is 0 Å². The Bertz CT molecular complexity index is 227. The lowest BCUT2D eigenvalue weighted by Gasteiger charge is -2.11. The number of hydrogen-bond donors (Lipinski definition) is 0. The zero-order chi connectivity index (χ0) is 13.1. The van der Waals surface area contributed by atoms with Crippen molar-refractivity contribution < 1.29 is 23.9 Å². The summed E-state index contributed by atoms with van der Waals surface area (Å²) in [4.78, 5) is 32.8. The third-order valence-electron chi connectivity index (χ3n) is 2.02. The first-order valence-corrected chi connectivity index (χ1v) is 5.90. The van der Waals surface area contributed by atoms with Crippen molar-refractivity contribution in [2.24, 2.45) is 5.92 Å². The highest BCUT2D eigenvalue weighted by Gasteiger charge is 2.13. The van der Waals surface area contributed by atoms with Gasteiger partial charge in [-0.1, -0.05) is 13.8 Å². The Labute approximate surface area is 101 Å². The van der Waals surface area contributed by atoms with E-state index in [2.05, 4.69) is 0 Å². The van der Waals surface area contributed by atoms with Crippen LogP contribution in [0.15, 0.2) is 0 Å². The first-order valence-electron chi connectivity index (χ1n) is 5.90. The third-order valence-corrected chi connectivity index (χ3v) is 2.02. The van der Waals surface area contributed by atoms with Gasteiger partial charge in [0.2, 0.25) is 0 Å². The second kappa shape index (κ2) is 9.81. The third kappa shape index (κ3) is 8.42. The summed E-state index contributed by atoms with van der Waals surface area (Å²) in [5.41, 5.74) is 0. The number of hydrogen-bond acceptors (Lipinski definition) is 5. The molecule has 0 radical (unpaired) electrons. The average Bonchev–Trinajstić information content (AvgIpc) is 2.30. The fourth-order valence-electron chi connectivity index (χ4n) is 1.08. The van der Waals surface area contributed by atoms with Gasteiger partial charge in [-0.3, -0.25) is 9.59 Å². The molecule has 0 saturated heterocycles. The molecule has 0 N–H and O–H groups in total. The number of esters is 2. The van der Waals surface area contributed by atoms with Gasteiger partial charge in [0.15, 0.2) is 0 Å². The van der Waals surface area contributed by atoms with E-state index in [-0.39, 0.29) is 25.2 Å². The maximum absolute atomic E-state index is 11.1. The minimum absolute atomic E-state index is 0.0261. The van der Waals surface area contributed by atoms with Crippen LogP contribution in [0, 0.1) is 5.92 Å². The smallest absolute Gasteiger partial charge is 0.305 e. The highest BCUT2D eigenvalue weighted by Crippen LogP contribution is 2.00. The van der Waals surface area contributed by atoms with Crippen molar-refractivity contribution in [1.82, 2.24) is 0 Å². The van der Waals surface area contributed by atoms with Crippen LogP contribution in [0.25, 0.3) is 0 Å². The Kier molecular flexibility index (Phi) is 9.01. The van der Waals surface area contributed by atoms with E-state index in [0.29, 0.717) is 32.0 Å². The molecule has 98 valence electrons. The summed E-state index contributed by atoms with van der Waals surface area (Å²) >= 11 is 0. The summed E-state index contributed by atoms with van der Waals surface area (Å²) in [6.45, 7) is 3.68. The van der Waals surface area contributed by atoms with Crippen LogP contribution in [0.3, 0.4) is 0 Å². The van der Waals surface area contributed by atoms with Gasteiger partial charge in [-0.15, -0.1) is 0 Å². The summed E-state index contributed by atoms with van der Waals surface area (Å²) in [6.07, 6.45) is 2.72. The lowest BCUT2D eigenvalue weighted by molar-refractivity contribution is -0.149. The molecule has 17 heavy (non-hydrogen) atoms. The predicted molar refractivity (Wildman–Crippen MR) is 61.3 cm³/mol. The van der Waals surface area contributed by atoms with Crippen molar-refractivity contribution in [3.63, 3.8) is 0 Å². The van der Waals surface area contributed by atoms with Crippen LogP contribution < -0.4 is 0 Å². The van der Waals surface area contributed by atoms with E-state index in [0.717, 1.165) is 0 Å². The number of ether oxygens (including phenoxy) is 2. The second-order valence-electron chi connectivity index (χ2n) is 3.76. The summed E-state index contributed by atoms with van der Waals surface area (Å²) in [5, 5.41) is 0. The number of carbonyl (C=O) groups excluding carboxylic acids is 3. The summed E-state index contributed by atoms with van der Waals surface area (Å²) in [7, 11) is 0. The summed E-state index contributed by atoms with van der Waals surface area (Å²) < 4.78 is 9.73. The van der Waals surface area contributed by atoms with Gasteiger partial charge in [-0.25, -0.2) is 0 Å². The highest BCUT2D eigenvalue weighted by molar-refractivity contribution is 5.70. The molecule has 0 spiro atoms. The van der Waals surface area contributed by atoms with Crippen LogP contribution in [-0.4, -0.2) is 31.4 Å². The fourth-order valence-corrected chi connectivity index (χ4v) is 1.08. The Morgan fingerprint density at radius 2 is 1.41 bits per heavy atom. The zero-order valence-corrected chi connectivity index (χ0v) is 10.4. The first-order chi connectivity index (χ1) is 8.13. The minimum atomic E-state index is -0.573. The number of carbonyl (C=O) groups is 3. The van der Waals surface area contributed by atoms with Crippen LogP contribution in [0.2, 0.25) is 0 Å². The van der Waals surface area contributed by atoms with Gasteiger partial charge in [0.05, 0.1) is 5.92 Å². The SMILES string of the molecule is CCCC(=O)OCC(C=O)COC(=O)CCC. The number of aldehydes is 1. The van der Waals surface area contributed by atoms with Gasteiger partial charge in [-0.05, 0) is 12.8 Å². The molecule has 0 saturated carbocycles. The lowest BCUT2D eigenvalue weighted by Crippen LogP contribution is -2.21. The Balaban J connectivity index is 3.80. The maximum atomic E-state index is 11.1. The summed E-state index contributed by atoms with van der Waals surface area (Å²) in [6, 6.07) is 0. The molecular formula is C12H20O5. The maximum Gasteiger partial charge on any atom is 0.305 e. The standard InChI is InChI=1S/C12H20O5/c1-3-5-11(14)16-8-10(7-13)9-17-12(15)6-4-2/h7,10H,3-6,8-9H2,1-2H3. The van der Waals surface area contributed by atoms with Crippen molar-refractivity contribution in [1.29, 1.82) is 0 Å². The van der Waals surface area contributed by atoms with E-state index in [1.807, 2.05) is 13.8 Å². The predicted octanol–water partition coefficient (Wildman–Crippen LogP) is 1.49. The Morgan fingerprint density at radius 3 is 1.71 bits per heavy atom. The topological polar surface area (TPSA) is 69.7 Å². The van der Waals surface area contributed by atoms with Gasteiger partial charge >= 0.3 is 11.9 Å². The van der Waals surface area contributed by atoms with Crippen molar-refractivity contribution in [2.45, 2.75) is 39.5 Å². The molecule has 5 nitrogen and oxygen atoms in total. The lowest BCUT2D eigenvalue weighted by atomic mass is 10.2. The molecule has 0 fully saturated rings. The molecule has 0 aromatic carbocycles. The number of rotatable bonds is 9. The van der Waals surface area contributed by atoms with E-state index >= 15 is 0 Å². The van der Waals surface area contributed by atoms with Crippen molar-refractivity contribution in [3.8, 4) is 0 Å². The molecule has 0 aliphatic rings. The molecular weight excluding hydrogens is 224 g/mol. The Hall–Kier alpha value is -1.39. The average molecular weight is 244 g/mol. The van der Waals surface area contributed by atoms with Crippen LogP contribution >= 0.6 is 0 Å². The van der Waals surface area contributed by atoms with Crippen LogP contribution in [-0.2, 0) is 23.9 Å². The molecule has 0 aliphatic carbocycles. The highest BCUT2D eigenvalue weighted by atomic mass is 16.5. The minimum Gasteiger partial charge on any atom is -0.465 e. The van der Waals surface area contributed by atoms with Crippen molar-refractivity contribution in [3.05, 3.63) is 0 Å². The molecule has 0 amide bonds. The normalized spacial score (nSPS) is 10.1. The zero-order valence-electron chi connectivity index (χ0n) is 10.4. The van der Waals surface area contributed by atoms with Crippen LogP contribution in [0.1, 0.15) is 39.5 Å². The summed E-state index contributed by atoms with van der Waals surface area (Å²) in [5.74, 6) is -1.24. The van der Waals surface area contributed by atoms with Crippen LogP contribution in [0.5, 0.6) is 0 Å². The van der Waals surface area contributed by atoms with Gasteiger partial charge < -0.3 is 14.3 Å². The van der Waals surface area contributed by atoms with Gasteiger partial charge in [-0.2, -0.15) is 0 Å². The Morgan fingerprint density at radius 1 is 1.00 bits per heavy atom. The molecule has 0 aromatic heterocycles. The largest absolute Gasteiger partial charge is 0.465 e. The fraction of sp³-hybridized carbons (Fsp3) is 0.750. The molecule has 0 aromatic rings. The monoisotopic (exact) mass is 244 g/mol. The molecule has 0 aliphatic heterocycles. The molecule has 0 atom stereocenters. The van der Waals surface area contributed by atoms with Gasteiger partial charge in [0.1, 0.15) is 19.5 Å². The quantitative estimate of drug-likeness (QED) is 0.454. The van der Waals surface area contributed by atoms with E-state index < -0.39 is 5.92 Å². The van der Waals surface area contributed by atoms with Crippen molar-refractivity contribution in [2.75, 3.05) is 13.2 Å².